The van der Waals surface area contributed by atoms with Gasteiger partial charge in [-0.05, 0) is 48.9 Å². The molecule has 1 aliphatic heterocycles. The van der Waals surface area contributed by atoms with Crippen LogP contribution in [0.15, 0.2) is 53.1 Å². The second-order valence-corrected chi connectivity index (χ2v) is 9.12. The van der Waals surface area contributed by atoms with Gasteiger partial charge in [0.25, 0.3) is 0 Å². The van der Waals surface area contributed by atoms with Crippen molar-refractivity contribution >= 4 is 58.4 Å². The van der Waals surface area contributed by atoms with Crippen molar-refractivity contribution in [3.8, 4) is 11.8 Å². The van der Waals surface area contributed by atoms with E-state index in [1.54, 1.807) is 42.5 Å². The first-order chi connectivity index (χ1) is 16.8. The first-order valence-electron chi connectivity index (χ1n) is 10.4. The standard InChI is InChI=1S/C24H21Cl2N3O5S/c1-3-34-18-9-4-13(10-17(18)26)20-16(11-27)23(29-22(31)21(20)24(32)33-2)35-12-19(30)28-15-7-5-14(25)6-8-15/h4-10,20-21H,3,12H2,1-2H3,(H,28,30)(H,29,31)/t20-,21+/m0/s1. The van der Waals surface area contributed by atoms with E-state index in [0.717, 1.165) is 11.8 Å². The fraction of sp³-hybridized carbons (Fsp3) is 0.250. The molecule has 182 valence electrons. The van der Waals surface area contributed by atoms with Gasteiger partial charge in [0, 0.05) is 16.6 Å². The SMILES string of the molecule is CCOc1ccc([C@H]2C(C#N)=C(SCC(=O)Nc3ccc(Cl)cc3)NC(=O)[C@@H]2C(=O)OC)cc1Cl. The van der Waals surface area contributed by atoms with E-state index in [4.69, 9.17) is 32.7 Å². The molecule has 0 bridgehead atoms. The van der Waals surface area contributed by atoms with Crippen LogP contribution in [0.5, 0.6) is 5.75 Å². The van der Waals surface area contributed by atoms with Gasteiger partial charge in [-0.3, -0.25) is 14.4 Å². The van der Waals surface area contributed by atoms with Crippen molar-refractivity contribution < 1.29 is 23.9 Å². The van der Waals surface area contributed by atoms with Crippen LogP contribution in [0.4, 0.5) is 5.69 Å². The first kappa shape index (κ1) is 26.4. The molecule has 2 atom stereocenters. The third kappa shape index (κ3) is 6.28. The van der Waals surface area contributed by atoms with Crippen LogP contribution in [-0.2, 0) is 19.1 Å². The summed E-state index contributed by atoms with van der Waals surface area (Å²) in [4.78, 5) is 37.9. The average molecular weight is 534 g/mol. The lowest BCUT2D eigenvalue weighted by atomic mass is 9.78. The van der Waals surface area contributed by atoms with Crippen molar-refractivity contribution in [1.82, 2.24) is 5.32 Å². The second kappa shape index (κ2) is 12.0. The Morgan fingerprint density at radius 3 is 2.51 bits per heavy atom. The third-order valence-electron chi connectivity index (χ3n) is 5.07. The van der Waals surface area contributed by atoms with E-state index in [0.29, 0.717) is 28.6 Å². The number of carbonyl (C=O) groups is 3. The van der Waals surface area contributed by atoms with Gasteiger partial charge in [0.1, 0.15) is 11.7 Å². The predicted octanol–water partition coefficient (Wildman–Crippen LogP) is 4.50. The zero-order valence-electron chi connectivity index (χ0n) is 18.8. The number of benzene rings is 2. The Labute approximate surface area is 216 Å². The Bertz CT molecular complexity index is 1210. The highest BCUT2D eigenvalue weighted by molar-refractivity contribution is 8.03. The highest BCUT2D eigenvalue weighted by Gasteiger charge is 2.44. The number of anilines is 1. The summed E-state index contributed by atoms with van der Waals surface area (Å²) in [5, 5.41) is 16.3. The van der Waals surface area contributed by atoms with E-state index in [1.165, 1.54) is 7.11 Å². The smallest absolute Gasteiger partial charge is 0.319 e. The van der Waals surface area contributed by atoms with Crippen molar-refractivity contribution in [1.29, 1.82) is 5.26 Å². The van der Waals surface area contributed by atoms with Crippen molar-refractivity contribution in [2.24, 2.45) is 5.92 Å². The van der Waals surface area contributed by atoms with Crippen LogP contribution in [-0.4, -0.2) is 37.3 Å². The molecule has 2 amide bonds. The number of ether oxygens (including phenoxy) is 2. The third-order valence-corrected chi connectivity index (χ3v) is 6.64. The lowest BCUT2D eigenvalue weighted by Gasteiger charge is -2.31. The monoisotopic (exact) mass is 533 g/mol. The number of allylic oxidation sites excluding steroid dienone is 1. The summed E-state index contributed by atoms with van der Waals surface area (Å²) in [6.45, 7) is 2.21. The van der Waals surface area contributed by atoms with Gasteiger partial charge in [-0.25, -0.2) is 0 Å². The van der Waals surface area contributed by atoms with Crippen LogP contribution in [0.3, 0.4) is 0 Å². The van der Waals surface area contributed by atoms with Gasteiger partial charge in [-0.15, -0.1) is 0 Å². The molecule has 0 saturated carbocycles. The average Bonchev–Trinajstić information content (AvgIpc) is 2.84. The maximum Gasteiger partial charge on any atom is 0.319 e. The summed E-state index contributed by atoms with van der Waals surface area (Å²) in [5.74, 6) is -3.73. The van der Waals surface area contributed by atoms with Crippen LogP contribution in [0.25, 0.3) is 0 Å². The van der Waals surface area contributed by atoms with E-state index in [9.17, 15) is 19.6 Å². The minimum atomic E-state index is -1.31. The Balaban J connectivity index is 1.92. The minimum Gasteiger partial charge on any atom is -0.492 e. The number of nitriles is 1. The maximum absolute atomic E-state index is 12.9. The topological polar surface area (TPSA) is 118 Å². The quantitative estimate of drug-likeness (QED) is 0.378. The number of esters is 1. The molecule has 2 aromatic carbocycles. The van der Waals surface area contributed by atoms with Crippen LogP contribution >= 0.6 is 35.0 Å². The summed E-state index contributed by atoms with van der Waals surface area (Å²) in [6.07, 6.45) is 0. The zero-order chi connectivity index (χ0) is 25.5. The molecule has 35 heavy (non-hydrogen) atoms. The number of thioether (sulfide) groups is 1. The number of hydrogen-bond donors (Lipinski definition) is 2. The highest BCUT2D eigenvalue weighted by Crippen LogP contribution is 2.42. The van der Waals surface area contributed by atoms with Crippen LogP contribution < -0.4 is 15.4 Å². The molecule has 0 radical (unpaired) electrons. The number of halogens is 2. The van der Waals surface area contributed by atoms with Crippen molar-refractivity contribution in [2.45, 2.75) is 12.8 Å². The van der Waals surface area contributed by atoms with Crippen LogP contribution in [0, 0.1) is 17.2 Å². The highest BCUT2D eigenvalue weighted by atomic mass is 35.5. The summed E-state index contributed by atoms with van der Waals surface area (Å²) in [7, 11) is 1.17. The van der Waals surface area contributed by atoms with Gasteiger partial charge >= 0.3 is 5.97 Å². The molecule has 0 spiro atoms. The molecule has 2 N–H and O–H groups in total. The second-order valence-electron chi connectivity index (χ2n) is 7.29. The number of rotatable bonds is 8. The van der Waals surface area contributed by atoms with E-state index in [1.807, 2.05) is 6.92 Å². The summed E-state index contributed by atoms with van der Waals surface area (Å²) >= 11 is 13.2. The number of carbonyl (C=O) groups excluding carboxylic acids is 3. The number of methoxy groups -OCH3 is 1. The molecule has 1 heterocycles. The molecule has 0 saturated heterocycles. The molecule has 0 aliphatic carbocycles. The van der Waals surface area contributed by atoms with Gasteiger partial charge in [0.2, 0.25) is 11.8 Å². The fourth-order valence-electron chi connectivity index (χ4n) is 3.53. The molecule has 2 aromatic rings. The maximum atomic E-state index is 12.9. The van der Waals surface area contributed by atoms with Gasteiger partial charge in [0.05, 0.1) is 41.2 Å². The Hall–Kier alpha value is -3.19. The van der Waals surface area contributed by atoms with Gasteiger partial charge < -0.3 is 20.1 Å². The summed E-state index contributed by atoms with van der Waals surface area (Å²) in [6, 6.07) is 13.5. The van der Waals surface area contributed by atoms with Crippen molar-refractivity contribution in [3.05, 3.63) is 68.7 Å². The number of nitrogens with zero attached hydrogens (tertiary/aromatic N) is 1. The molecule has 8 nitrogen and oxygen atoms in total. The summed E-state index contributed by atoms with van der Waals surface area (Å²) in [5.41, 5.74) is 1.13. The Morgan fingerprint density at radius 1 is 1.20 bits per heavy atom. The summed E-state index contributed by atoms with van der Waals surface area (Å²) < 4.78 is 10.3. The molecule has 0 aromatic heterocycles. The lowest BCUT2D eigenvalue weighted by molar-refractivity contribution is -0.150. The molecular weight excluding hydrogens is 513 g/mol. The number of nitrogens with one attached hydrogen (secondary N) is 2. The van der Waals surface area contributed by atoms with Crippen LogP contribution in [0.1, 0.15) is 18.4 Å². The zero-order valence-corrected chi connectivity index (χ0v) is 21.1. The largest absolute Gasteiger partial charge is 0.492 e. The first-order valence-corrected chi connectivity index (χ1v) is 12.2. The number of hydrogen-bond acceptors (Lipinski definition) is 7. The van der Waals surface area contributed by atoms with Crippen molar-refractivity contribution in [3.63, 3.8) is 0 Å². The fourth-order valence-corrected chi connectivity index (χ4v) is 4.75. The predicted molar refractivity (Wildman–Crippen MR) is 134 cm³/mol. The van der Waals surface area contributed by atoms with E-state index in [2.05, 4.69) is 16.7 Å². The van der Waals surface area contributed by atoms with Gasteiger partial charge in [0.15, 0.2) is 0 Å². The lowest BCUT2D eigenvalue weighted by Crippen LogP contribution is -2.44. The van der Waals surface area contributed by atoms with E-state index >= 15 is 0 Å². The molecule has 1 aliphatic rings. The Morgan fingerprint density at radius 2 is 1.91 bits per heavy atom. The van der Waals surface area contributed by atoms with Crippen LogP contribution in [0.2, 0.25) is 10.0 Å². The van der Waals surface area contributed by atoms with Crippen molar-refractivity contribution in [2.75, 3.05) is 24.8 Å². The van der Waals surface area contributed by atoms with E-state index < -0.39 is 23.7 Å². The number of amides is 2. The molecular formula is C24H21Cl2N3O5S. The Kier molecular flexibility index (Phi) is 9.04. The molecule has 0 fully saturated rings. The minimum absolute atomic E-state index is 0.0942. The van der Waals surface area contributed by atoms with E-state index in [-0.39, 0.29) is 27.3 Å². The normalized spacial score (nSPS) is 17.3. The van der Waals surface area contributed by atoms with Gasteiger partial charge in [-0.2, -0.15) is 5.26 Å². The van der Waals surface area contributed by atoms with Gasteiger partial charge in [-0.1, -0.05) is 41.0 Å². The molecule has 11 heteroatoms. The molecule has 3 rings (SSSR count). The molecule has 0 unspecified atom stereocenters.